The normalized spacial score (nSPS) is 11.5. The lowest BCUT2D eigenvalue weighted by Crippen LogP contribution is -2.26. The van der Waals surface area contributed by atoms with Gasteiger partial charge in [-0.3, -0.25) is 4.79 Å². The highest BCUT2D eigenvalue weighted by Gasteiger charge is 2.20. The van der Waals surface area contributed by atoms with Crippen LogP contribution in [-0.4, -0.2) is 23.7 Å². The van der Waals surface area contributed by atoms with E-state index in [-0.39, 0.29) is 33.3 Å². The fourth-order valence-corrected chi connectivity index (χ4v) is 3.13. The molecule has 1 atom stereocenters. The molecule has 2 rings (SSSR count). The molecule has 0 saturated heterocycles. The van der Waals surface area contributed by atoms with Crippen LogP contribution in [0.3, 0.4) is 0 Å². The zero-order valence-corrected chi connectivity index (χ0v) is 15.7. The van der Waals surface area contributed by atoms with E-state index in [9.17, 15) is 9.59 Å². The molecule has 2 aromatic rings. The zero-order valence-electron chi connectivity index (χ0n) is 14.7. The number of rotatable bonds is 6. The first-order chi connectivity index (χ1) is 11.8. The minimum atomic E-state index is -0.554. The maximum Gasteiger partial charge on any atom is 0.339 e. The van der Waals surface area contributed by atoms with E-state index >= 15 is 0 Å². The molecule has 0 aromatic heterocycles. The van der Waals surface area contributed by atoms with Crippen LogP contribution in [0.2, 0.25) is 0 Å². The van der Waals surface area contributed by atoms with Gasteiger partial charge in [0.25, 0.3) is 0 Å². The van der Waals surface area contributed by atoms with E-state index in [1.54, 1.807) is 12.1 Å². The van der Waals surface area contributed by atoms with Crippen molar-refractivity contribution in [2.45, 2.75) is 33.0 Å². The second kappa shape index (κ2) is 8.77. The highest BCUT2D eigenvalue weighted by molar-refractivity contribution is 7.48. The first kappa shape index (κ1) is 19.1. The number of carbonyl (C=O) groups is 2. The van der Waals surface area contributed by atoms with Gasteiger partial charge in [-0.15, -0.1) is 0 Å². The molecule has 0 fully saturated rings. The number of hydrogen-bond acceptors (Lipinski definition) is 4. The number of esters is 2. The van der Waals surface area contributed by atoms with E-state index in [4.69, 9.17) is 9.47 Å². The van der Waals surface area contributed by atoms with E-state index in [1.807, 2.05) is 63.2 Å². The Hall–Kier alpha value is -2.19. The molecule has 0 amide bonds. The molecule has 2 aromatic carbocycles. The standard InChI is InChI=1S/C20H23O4P/c1-20(2,3)24-19(22)16-11-7-8-12-17(16)25-14-18(21)23-13-15-9-5-4-6-10-15/h4-12,25H,13-14H2,1-3H3. The summed E-state index contributed by atoms with van der Waals surface area (Å²) in [7, 11) is 0.155. The Morgan fingerprint density at radius 2 is 1.60 bits per heavy atom. The number of ether oxygens (including phenoxy) is 2. The van der Waals surface area contributed by atoms with E-state index < -0.39 is 5.60 Å². The van der Waals surface area contributed by atoms with E-state index in [0.717, 1.165) is 10.9 Å². The molecule has 0 bridgehead atoms. The van der Waals surface area contributed by atoms with Crippen LogP contribution >= 0.6 is 8.58 Å². The van der Waals surface area contributed by atoms with Crippen molar-refractivity contribution < 1.29 is 19.1 Å². The molecular weight excluding hydrogens is 335 g/mol. The molecule has 0 heterocycles. The van der Waals surface area contributed by atoms with Gasteiger partial charge in [-0.2, -0.15) is 0 Å². The van der Waals surface area contributed by atoms with Crippen molar-refractivity contribution in [3.63, 3.8) is 0 Å². The van der Waals surface area contributed by atoms with Gasteiger partial charge in [0.15, 0.2) is 0 Å². The van der Waals surface area contributed by atoms with E-state index in [1.165, 1.54) is 0 Å². The van der Waals surface area contributed by atoms with Gasteiger partial charge in [0.2, 0.25) is 0 Å². The zero-order chi connectivity index (χ0) is 18.3. The van der Waals surface area contributed by atoms with Gasteiger partial charge >= 0.3 is 11.9 Å². The van der Waals surface area contributed by atoms with Crippen molar-refractivity contribution in [3.05, 3.63) is 65.7 Å². The van der Waals surface area contributed by atoms with Gasteiger partial charge in [0.1, 0.15) is 12.2 Å². The molecular formula is C20H23O4P. The van der Waals surface area contributed by atoms with Crippen molar-refractivity contribution in [3.8, 4) is 0 Å². The SMILES string of the molecule is CC(C)(C)OC(=O)c1ccccc1PCC(=O)OCc1ccccc1. The highest BCUT2D eigenvalue weighted by atomic mass is 31.1. The molecule has 0 N–H and O–H groups in total. The molecule has 1 unspecified atom stereocenters. The topological polar surface area (TPSA) is 52.6 Å². The average Bonchev–Trinajstić information content (AvgIpc) is 2.58. The molecule has 0 radical (unpaired) electrons. The van der Waals surface area contributed by atoms with Crippen LogP contribution < -0.4 is 5.30 Å². The quantitative estimate of drug-likeness (QED) is 0.584. The smallest absolute Gasteiger partial charge is 0.339 e. The number of carbonyl (C=O) groups excluding carboxylic acids is 2. The predicted molar refractivity (Wildman–Crippen MR) is 101 cm³/mol. The summed E-state index contributed by atoms with van der Waals surface area (Å²) in [4.78, 5) is 24.3. The summed E-state index contributed by atoms with van der Waals surface area (Å²) in [6.07, 6.45) is 0.243. The third kappa shape index (κ3) is 6.67. The van der Waals surface area contributed by atoms with Crippen LogP contribution in [0.5, 0.6) is 0 Å². The van der Waals surface area contributed by atoms with Crippen molar-refractivity contribution in [1.82, 2.24) is 0 Å². The van der Waals surface area contributed by atoms with E-state index in [0.29, 0.717) is 5.56 Å². The van der Waals surface area contributed by atoms with Gasteiger partial charge in [0, 0.05) is 0 Å². The summed E-state index contributed by atoms with van der Waals surface area (Å²) in [6.45, 7) is 5.75. The lowest BCUT2D eigenvalue weighted by Gasteiger charge is -2.20. The first-order valence-corrected chi connectivity index (χ1v) is 9.32. The number of hydrogen-bond donors (Lipinski definition) is 0. The Balaban J connectivity index is 1.92. The minimum Gasteiger partial charge on any atom is -0.461 e. The molecule has 0 saturated carbocycles. The summed E-state index contributed by atoms with van der Waals surface area (Å²) < 4.78 is 10.7. The lowest BCUT2D eigenvalue weighted by molar-refractivity contribution is -0.141. The third-order valence-electron chi connectivity index (χ3n) is 3.21. The molecule has 5 heteroatoms. The van der Waals surface area contributed by atoms with Gasteiger partial charge in [0.05, 0.1) is 11.7 Å². The van der Waals surface area contributed by atoms with Crippen LogP contribution in [0.15, 0.2) is 54.6 Å². The average molecular weight is 358 g/mol. The third-order valence-corrected chi connectivity index (χ3v) is 4.49. The molecule has 0 aliphatic heterocycles. The largest absolute Gasteiger partial charge is 0.461 e. The fourth-order valence-electron chi connectivity index (χ4n) is 2.10. The predicted octanol–water partition coefficient (Wildman–Crippen LogP) is 3.69. The van der Waals surface area contributed by atoms with Crippen molar-refractivity contribution in [2.75, 3.05) is 6.16 Å². The highest BCUT2D eigenvalue weighted by Crippen LogP contribution is 2.18. The fraction of sp³-hybridized carbons (Fsp3) is 0.300. The van der Waals surface area contributed by atoms with Gasteiger partial charge in [-0.1, -0.05) is 57.1 Å². The Morgan fingerprint density at radius 3 is 2.28 bits per heavy atom. The van der Waals surface area contributed by atoms with Crippen LogP contribution in [0.25, 0.3) is 0 Å². The second-order valence-corrected chi connectivity index (χ2v) is 7.79. The first-order valence-electron chi connectivity index (χ1n) is 8.11. The Labute approximate surface area is 150 Å². The van der Waals surface area contributed by atoms with E-state index in [2.05, 4.69) is 0 Å². The molecule has 4 nitrogen and oxygen atoms in total. The maximum absolute atomic E-state index is 12.3. The van der Waals surface area contributed by atoms with Crippen LogP contribution in [-0.2, 0) is 20.9 Å². The molecule has 132 valence electrons. The van der Waals surface area contributed by atoms with Crippen molar-refractivity contribution >= 4 is 25.8 Å². The summed E-state index contributed by atoms with van der Waals surface area (Å²) in [5.74, 6) is -0.644. The van der Waals surface area contributed by atoms with Crippen molar-refractivity contribution in [1.29, 1.82) is 0 Å². The Kier molecular flexibility index (Phi) is 6.72. The van der Waals surface area contributed by atoms with Crippen LogP contribution in [0, 0.1) is 0 Å². The summed E-state index contributed by atoms with van der Waals surface area (Å²) in [5.41, 5.74) is 0.905. The van der Waals surface area contributed by atoms with Gasteiger partial charge in [-0.25, -0.2) is 4.79 Å². The van der Waals surface area contributed by atoms with Crippen LogP contribution in [0.4, 0.5) is 0 Å². The summed E-state index contributed by atoms with van der Waals surface area (Å²) in [5, 5.41) is 0.813. The summed E-state index contributed by atoms with van der Waals surface area (Å²) in [6, 6.07) is 16.8. The molecule has 0 aliphatic carbocycles. The Bertz CT molecular complexity index is 720. The monoisotopic (exact) mass is 358 g/mol. The minimum absolute atomic E-state index is 0.155. The second-order valence-electron chi connectivity index (χ2n) is 6.55. The Morgan fingerprint density at radius 1 is 0.960 bits per heavy atom. The van der Waals surface area contributed by atoms with Gasteiger partial charge < -0.3 is 9.47 Å². The summed E-state index contributed by atoms with van der Waals surface area (Å²) >= 11 is 0. The van der Waals surface area contributed by atoms with Crippen molar-refractivity contribution in [2.24, 2.45) is 0 Å². The molecule has 0 spiro atoms. The molecule has 0 aliphatic rings. The lowest BCUT2D eigenvalue weighted by atomic mass is 10.1. The van der Waals surface area contributed by atoms with Crippen LogP contribution in [0.1, 0.15) is 36.7 Å². The van der Waals surface area contributed by atoms with Gasteiger partial charge in [-0.05, 0) is 37.7 Å². The number of benzene rings is 2. The maximum atomic E-state index is 12.3. The molecule has 25 heavy (non-hydrogen) atoms.